The van der Waals surface area contributed by atoms with Gasteiger partial charge in [-0.25, -0.2) is 8.42 Å². The number of carbonyl (C=O) groups excluding carboxylic acids is 1. The van der Waals surface area contributed by atoms with Gasteiger partial charge in [-0.15, -0.1) is 0 Å². The first kappa shape index (κ1) is 22.7. The lowest BCUT2D eigenvalue weighted by atomic mass is 10.1. The third kappa shape index (κ3) is 5.40. The predicted octanol–water partition coefficient (Wildman–Crippen LogP) is 2.67. The van der Waals surface area contributed by atoms with Crippen molar-refractivity contribution < 1.29 is 18.1 Å². The van der Waals surface area contributed by atoms with Crippen LogP contribution in [0.3, 0.4) is 0 Å². The van der Waals surface area contributed by atoms with Gasteiger partial charge in [0.1, 0.15) is 11.4 Å². The summed E-state index contributed by atoms with van der Waals surface area (Å²) in [5.41, 5.74) is 0.911. The lowest BCUT2D eigenvalue weighted by molar-refractivity contribution is -0.384. The topological polar surface area (TPSA) is 136 Å². The summed E-state index contributed by atoms with van der Waals surface area (Å²) in [6.07, 6.45) is 3.16. The number of carbonyl (C=O) groups is 1. The van der Waals surface area contributed by atoms with Gasteiger partial charge in [0.15, 0.2) is 9.84 Å². The van der Waals surface area contributed by atoms with Crippen LogP contribution in [0, 0.1) is 10.1 Å². The number of aromatic nitrogens is 2. The van der Waals surface area contributed by atoms with Crippen LogP contribution in [0.1, 0.15) is 55.7 Å². The first-order chi connectivity index (χ1) is 14.4. The molecule has 2 aromatic rings. The van der Waals surface area contributed by atoms with Crippen LogP contribution in [0.25, 0.3) is 0 Å². The normalized spacial score (nSPS) is 14.3. The van der Waals surface area contributed by atoms with Gasteiger partial charge in [-0.2, -0.15) is 5.10 Å². The summed E-state index contributed by atoms with van der Waals surface area (Å²) >= 11 is 0. The highest BCUT2D eigenvalue weighted by atomic mass is 32.2. The minimum atomic E-state index is -3.56. The molecule has 10 nitrogen and oxygen atoms in total. The molecule has 2 N–H and O–H groups in total. The lowest BCUT2D eigenvalue weighted by Crippen LogP contribution is -2.34. The largest absolute Gasteiger partial charge is 0.378 e. The molecule has 1 fully saturated rings. The first-order valence-electron chi connectivity index (χ1n) is 9.99. The summed E-state index contributed by atoms with van der Waals surface area (Å²) in [5, 5.41) is 21.6. The van der Waals surface area contributed by atoms with Crippen molar-refractivity contribution in [1.29, 1.82) is 0 Å². The molecule has 3 rings (SSSR count). The number of nitrogens with one attached hydrogen (secondary N) is 2. The molecule has 0 atom stereocenters. The van der Waals surface area contributed by atoms with Crippen LogP contribution in [0.5, 0.6) is 0 Å². The van der Waals surface area contributed by atoms with Gasteiger partial charge in [0, 0.05) is 31.3 Å². The molecule has 1 aliphatic carbocycles. The minimum Gasteiger partial charge on any atom is -0.378 e. The highest BCUT2D eigenvalue weighted by Crippen LogP contribution is 2.40. The van der Waals surface area contributed by atoms with Gasteiger partial charge in [-0.1, -0.05) is 0 Å². The van der Waals surface area contributed by atoms with E-state index in [-0.39, 0.29) is 40.8 Å². The molecule has 0 radical (unpaired) electrons. The molecule has 0 bridgehead atoms. The van der Waals surface area contributed by atoms with Gasteiger partial charge < -0.3 is 10.6 Å². The Morgan fingerprint density at radius 1 is 1.26 bits per heavy atom. The van der Waals surface area contributed by atoms with E-state index in [2.05, 4.69) is 15.7 Å². The average Bonchev–Trinajstić information content (AvgIpc) is 3.41. The van der Waals surface area contributed by atoms with Crippen LogP contribution in [-0.4, -0.2) is 48.4 Å². The maximum atomic E-state index is 12.7. The Hall–Kier alpha value is -2.95. The number of hydrogen-bond acceptors (Lipinski definition) is 7. The predicted molar refractivity (Wildman–Crippen MR) is 116 cm³/mol. The number of sulfone groups is 1. The monoisotopic (exact) mass is 449 g/mol. The molecule has 1 aliphatic rings. The zero-order valence-corrected chi connectivity index (χ0v) is 18.8. The molecule has 1 aromatic carbocycles. The molecule has 0 unspecified atom stereocenters. The maximum absolute atomic E-state index is 12.7. The van der Waals surface area contributed by atoms with Gasteiger partial charge >= 0.3 is 0 Å². The summed E-state index contributed by atoms with van der Waals surface area (Å²) in [6.45, 7) is 6.39. The number of nitro groups is 1. The molecule has 11 heteroatoms. The van der Waals surface area contributed by atoms with Crippen molar-refractivity contribution >= 4 is 27.1 Å². The number of benzene rings is 1. The van der Waals surface area contributed by atoms with Gasteiger partial charge in [-0.3, -0.25) is 19.6 Å². The fraction of sp³-hybridized carbons (Fsp3) is 0.500. The van der Waals surface area contributed by atoms with Crippen molar-refractivity contribution in [2.45, 2.75) is 50.0 Å². The van der Waals surface area contributed by atoms with E-state index in [0.29, 0.717) is 11.6 Å². The second-order valence-corrected chi connectivity index (χ2v) is 10.7. The van der Waals surface area contributed by atoms with Crippen LogP contribution < -0.4 is 10.6 Å². The van der Waals surface area contributed by atoms with Gasteiger partial charge in [0.25, 0.3) is 11.6 Å². The Morgan fingerprint density at radius 3 is 2.48 bits per heavy atom. The van der Waals surface area contributed by atoms with Crippen molar-refractivity contribution in [3.63, 3.8) is 0 Å². The molecular weight excluding hydrogens is 422 g/mol. The van der Waals surface area contributed by atoms with E-state index in [0.717, 1.165) is 30.9 Å². The molecule has 1 saturated carbocycles. The van der Waals surface area contributed by atoms with E-state index in [1.807, 2.05) is 26.8 Å². The average molecular weight is 450 g/mol. The van der Waals surface area contributed by atoms with E-state index in [1.165, 1.54) is 12.1 Å². The van der Waals surface area contributed by atoms with Crippen molar-refractivity contribution in [2.24, 2.45) is 0 Å². The van der Waals surface area contributed by atoms with Crippen LogP contribution in [0.2, 0.25) is 0 Å². The molecule has 168 valence electrons. The fourth-order valence-corrected chi connectivity index (χ4v) is 3.80. The third-order valence-corrected chi connectivity index (χ3v) is 6.02. The molecule has 0 aliphatic heterocycles. The molecule has 1 aromatic heterocycles. The minimum absolute atomic E-state index is 0.125. The number of nitro benzene ring substituents is 1. The number of nitrogens with zero attached hydrogens (tertiary/aromatic N) is 3. The number of amides is 1. The summed E-state index contributed by atoms with van der Waals surface area (Å²) in [4.78, 5) is 23.3. The van der Waals surface area contributed by atoms with Gasteiger partial charge in [0.05, 0.1) is 21.1 Å². The number of hydrogen-bond donors (Lipinski definition) is 2. The number of anilines is 1. The van der Waals surface area contributed by atoms with Crippen LogP contribution in [0.15, 0.2) is 29.2 Å². The zero-order chi connectivity index (χ0) is 23.0. The molecular formula is C20H27N5O5S. The molecule has 1 amide bonds. The smallest absolute Gasteiger partial charge is 0.293 e. The van der Waals surface area contributed by atoms with Crippen molar-refractivity contribution in [3.05, 3.63) is 45.8 Å². The second-order valence-electron chi connectivity index (χ2n) is 8.70. The first-order valence-corrected chi connectivity index (χ1v) is 11.9. The van der Waals surface area contributed by atoms with Crippen molar-refractivity contribution in [3.8, 4) is 0 Å². The second kappa shape index (κ2) is 8.29. The van der Waals surface area contributed by atoms with Crippen molar-refractivity contribution in [2.75, 3.05) is 24.7 Å². The lowest BCUT2D eigenvalue weighted by Gasteiger charge is -2.22. The Bertz CT molecular complexity index is 1110. The SMILES string of the molecule is CC(C)(C)n1nc(C2CC2)cc1C(=O)NCCNc1ccc(S(C)(=O)=O)cc1[N+](=O)[O-]. The van der Waals surface area contributed by atoms with Gasteiger partial charge in [0.2, 0.25) is 0 Å². The Balaban J connectivity index is 1.65. The Labute approximate surface area is 181 Å². The Morgan fingerprint density at radius 2 is 1.94 bits per heavy atom. The number of rotatable bonds is 8. The third-order valence-electron chi connectivity index (χ3n) is 4.91. The maximum Gasteiger partial charge on any atom is 0.293 e. The fourth-order valence-electron chi connectivity index (χ4n) is 3.16. The summed E-state index contributed by atoms with van der Waals surface area (Å²) < 4.78 is 25.0. The van der Waals surface area contributed by atoms with Crippen molar-refractivity contribution in [1.82, 2.24) is 15.1 Å². The summed E-state index contributed by atoms with van der Waals surface area (Å²) in [7, 11) is -3.56. The standard InChI is InChI=1S/C20H27N5O5S/c1-20(2,3)24-18(12-16(23-24)13-5-6-13)19(26)22-10-9-21-15-8-7-14(31(4,29)30)11-17(15)25(27)28/h7-8,11-13,21H,5-6,9-10H2,1-4H3,(H,22,26). The van der Waals surface area contributed by atoms with E-state index in [4.69, 9.17) is 0 Å². The highest BCUT2D eigenvalue weighted by molar-refractivity contribution is 7.90. The van der Waals surface area contributed by atoms with Gasteiger partial charge in [-0.05, 0) is 51.8 Å². The molecule has 0 spiro atoms. The Kier molecular flexibility index (Phi) is 6.08. The van der Waals surface area contributed by atoms with Crippen LogP contribution in [-0.2, 0) is 15.4 Å². The van der Waals surface area contributed by atoms with Crippen LogP contribution in [0.4, 0.5) is 11.4 Å². The molecule has 1 heterocycles. The quantitative estimate of drug-likeness (QED) is 0.359. The van der Waals surface area contributed by atoms with Crippen LogP contribution >= 0.6 is 0 Å². The molecule has 0 saturated heterocycles. The highest BCUT2D eigenvalue weighted by Gasteiger charge is 2.31. The molecule has 31 heavy (non-hydrogen) atoms. The summed E-state index contributed by atoms with van der Waals surface area (Å²) in [6, 6.07) is 5.52. The van der Waals surface area contributed by atoms with E-state index in [1.54, 1.807) is 4.68 Å². The van der Waals surface area contributed by atoms with E-state index in [9.17, 15) is 23.3 Å². The van der Waals surface area contributed by atoms with E-state index < -0.39 is 14.8 Å². The van der Waals surface area contributed by atoms with E-state index >= 15 is 0 Å². The zero-order valence-electron chi connectivity index (χ0n) is 18.0. The summed E-state index contributed by atoms with van der Waals surface area (Å²) in [5.74, 6) is 0.158.